The van der Waals surface area contributed by atoms with Crippen molar-refractivity contribution in [3.05, 3.63) is 64.5 Å². The number of rotatable bonds is 5. The number of H-pyrrole nitrogens is 1. The van der Waals surface area contributed by atoms with E-state index in [0.29, 0.717) is 17.3 Å². The maximum atomic E-state index is 12.7. The Morgan fingerprint density at radius 1 is 1.19 bits per heavy atom. The monoisotopic (exact) mass is 353 g/mol. The molecule has 1 amide bonds. The van der Waals surface area contributed by atoms with Crippen molar-refractivity contribution >= 4 is 16.7 Å². The van der Waals surface area contributed by atoms with Crippen LogP contribution < -0.4 is 15.8 Å². The number of furan rings is 1. The molecule has 7 nitrogen and oxygen atoms in total. The molecule has 3 N–H and O–H groups in total. The fourth-order valence-corrected chi connectivity index (χ4v) is 3.68. The standard InChI is InChI=1S/C19H20N4O3/c24-18-14-7-2-1-6-13(14)17(21-22-18)19(25)20-12-15(16-8-5-11-26-16)23-9-3-4-10-23/h1-2,5-8,11,15H,3-4,9-10,12H2,(H,20,25)(H,22,24)/p+1/t15-/m0/s1. The highest BCUT2D eigenvalue weighted by Crippen LogP contribution is 2.14. The average molecular weight is 353 g/mol. The van der Waals surface area contributed by atoms with E-state index < -0.39 is 0 Å². The Labute approximate surface area is 150 Å². The van der Waals surface area contributed by atoms with Crippen LogP contribution in [0.2, 0.25) is 0 Å². The Bertz CT molecular complexity index is 958. The molecule has 4 rings (SSSR count). The maximum Gasteiger partial charge on any atom is 0.272 e. The smallest absolute Gasteiger partial charge is 0.272 e. The molecule has 1 saturated heterocycles. The van der Waals surface area contributed by atoms with Crippen LogP contribution in [0, 0.1) is 0 Å². The normalized spacial score (nSPS) is 16.0. The fraction of sp³-hybridized carbons (Fsp3) is 0.316. The van der Waals surface area contributed by atoms with E-state index in [4.69, 9.17) is 4.42 Å². The molecule has 1 atom stereocenters. The molecule has 0 spiro atoms. The van der Waals surface area contributed by atoms with Gasteiger partial charge in [0.2, 0.25) is 0 Å². The summed E-state index contributed by atoms with van der Waals surface area (Å²) in [7, 11) is 0. The Kier molecular flexibility index (Phi) is 4.53. The van der Waals surface area contributed by atoms with Gasteiger partial charge in [-0.25, -0.2) is 5.10 Å². The summed E-state index contributed by atoms with van der Waals surface area (Å²) in [6.45, 7) is 2.60. The summed E-state index contributed by atoms with van der Waals surface area (Å²) in [5.41, 5.74) is -0.0676. The van der Waals surface area contributed by atoms with Crippen molar-refractivity contribution in [2.75, 3.05) is 19.6 Å². The molecule has 0 saturated carbocycles. The van der Waals surface area contributed by atoms with Crippen molar-refractivity contribution in [3.63, 3.8) is 0 Å². The Balaban J connectivity index is 1.56. The lowest BCUT2D eigenvalue weighted by molar-refractivity contribution is -0.919. The maximum absolute atomic E-state index is 12.7. The molecular formula is C19H21N4O3+. The van der Waals surface area contributed by atoms with E-state index in [9.17, 15) is 9.59 Å². The van der Waals surface area contributed by atoms with Gasteiger partial charge in [0.15, 0.2) is 17.5 Å². The Morgan fingerprint density at radius 2 is 1.96 bits per heavy atom. The molecular weight excluding hydrogens is 332 g/mol. The summed E-state index contributed by atoms with van der Waals surface area (Å²) in [5, 5.41) is 10.4. The molecule has 0 radical (unpaired) electrons. The van der Waals surface area contributed by atoms with Crippen LogP contribution in [0.15, 0.2) is 51.9 Å². The lowest BCUT2D eigenvalue weighted by Gasteiger charge is -2.23. The summed E-state index contributed by atoms with van der Waals surface area (Å²) < 4.78 is 5.60. The Morgan fingerprint density at radius 3 is 2.69 bits per heavy atom. The number of aromatic nitrogens is 2. The SMILES string of the molecule is O=C(NC[C@@H](c1ccco1)[NH+]1CCCC1)c1n[nH]c(=O)c2ccccc12. The molecule has 0 aliphatic carbocycles. The summed E-state index contributed by atoms with van der Waals surface area (Å²) in [4.78, 5) is 26.0. The minimum absolute atomic E-state index is 0.0745. The van der Waals surface area contributed by atoms with Crippen LogP contribution >= 0.6 is 0 Å². The first kappa shape index (κ1) is 16.5. The number of amides is 1. The second-order valence-electron chi connectivity index (χ2n) is 6.59. The van der Waals surface area contributed by atoms with Gasteiger partial charge in [-0.15, -0.1) is 0 Å². The van der Waals surface area contributed by atoms with E-state index in [-0.39, 0.29) is 23.2 Å². The Hall–Kier alpha value is -2.93. The molecule has 3 aromatic rings. The first-order chi connectivity index (χ1) is 12.7. The van der Waals surface area contributed by atoms with Crippen LogP contribution in [0.4, 0.5) is 0 Å². The zero-order valence-electron chi connectivity index (χ0n) is 14.3. The van der Waals surface area contributed by atoms with E-state index in [1.54, 1.807) is 30.5 Å². The second kappa shape index (κ2) is 7.13. The van der Waals surface area contributed by atoms with Crippen molar-refractivity contribution in [2.45, 2.75) is 18.9 Å². The van der Waals surface area contributed by atoms with E-state index in [1.165, 1.54) is 17.7 Å². The van der Waals surface area contributed by atoms with Crippen LogP contribution in [-0.2, 0) is 0 Å². The minimum atomic E-state index is -0.299. The number of nitrogens with one attached hydrogen (secondary N) is 3. The van der Waals surface area contributed by atoms with Crippen LogP contribution in [0.1, 0.15) is 35.1 Å². The first-order valence-electron chi connectivity index (χ1n) is 8.87. The van der Waals surface area contributed by atoms with Crippen LogP contribution in [0.25, 0.3) is 10.8 Å². The van der Waals surface area contributed by atoms with Gasteiger partial charge in [-0.2, -0.15) is 5.10 Å². The van der Waals surface area contributed by atoms with Gasteiger partial charge in [0, 0.05) is 18.2 Å². The van der Waals surface area contributed by atoms with Gasteiger partial charge < -0.3 is 14.6 Å². The number of benzene rings is 1. The third-order valence-corrected chi connectivity index (χ3v) is 5.00. The zero-order chi connectivity index (χ0) is 17.9. The highest BCUT2D eigenvalue weighted by molar-refractivity contribution is 6.04. The third-order valence-electron chi connectivity index (χ3n) is 5.00. The lowest BCUT2D eigenvalue weighted by atomic mass is 10.1. The van der Waals surface area contributed by atoms with E-state index in [1.807, 2.05) is 12.1 Å². The molecule has 0 unspecified atom stereocenters. The van der Waals surface area contributed by atoms with E-state index in [2.05, 4.69) is 15.5 Å². The van der Waals surface area contributed by atoms with Gasteiger partial charge in [-0.1, -0.05) is 18.2 Å². The first-order valence-corrected chi connectivity index (χ1v) is 8.87. The van der Waals surface area contributed by atoms with Gasteiger partial charge in [0.1, 0.15) is 0 Å². The number of carbonyl (C=O) groups excluding carboxylic acids is 1. The van der Waals surface area contributed by atoms with Crippen LogP contribution in [-0.4, -0.2) is 35.7 Å². The third kappa shape index (κ3) is 3.13. The van der Waals surface area contributed by atoms with Crippen molar-refractivity contribution in [2.24, 2.45) is 0 Å². The highest BCUT2D eigenvalue weighted by atomic mass is 16.3. The number of hydrogen-bond donors (Lipinski definition) is 3. The van der Waals surface area contributed by atoms with Crippen molar-refractivity contribution in [3.8, 4) is 0 Å². The predicted octanol–water partition coefficient (Wildman–Crippen LogP) is 0.666. The van der Waals surface area contributed by atoms with Gasteiger partial charge in [0.05, 0.1) is 31.3 Å². The lowest BCUT2D eigenvalue weighted by Crippen LogP contribution is -3.11. The topological polar surface area (TPSA) is 92.4 Å². The van der Waals surface area contributed by atoms with E-state index in [0.717, 1.165) is 18.8 Å². The highest BCUT2D eigenvalue weighted by Gasteiger charge is 2.30. The number of fused-ring (bicyclic) bond motifs is 1. The number of nitrogens with zero attached hydrogens (tertiary/aromatic N) is 1. The summed E-state index contributed by atoms with van der Waals surface area (Å²) in [5.74, 6) is 0.578. The van der Waals surface area contributed by atoms with Crippen molar-refractivity contribution in [1.29, 1.82) is 0 Å². The van der Waals surface area contributed by atoms with Crippen LogP contribution in [0.5, 0.6) is 0 Å². The van der Waals surface area contributed by atoms with Gasteiger partial charge in [-0.05, 0) is 18.2 Å². The average Bonchev–Trinajstić information content (AvgIpc) is 3.37. The molecule has 26 heavy (non-hydrogen) atoms. The van der Waals surface area contributed by atoms with Crippen LogP contribution in [0.3, 0.4) is 0 Å². The molecule has 1 fully saturated rings. The zero-order valence-corrected chi connectivity index (χ0v) is 14.3. The largest absolute Gasteiger partial charge is 0.463 e. The molecule has 0 bridgehead atoms. The molecule has 1 aromatic carbocycles. The number of likely N-dealkylation sites (tertiary alicyclic amines) is 1. The number of aromatic amines is 1. The number of quaternary nitrogens is 1. The quantitative estimate of drug-likeness (QED) is 0.628. The van der Waals surface area contributed by atoms with Gasteiger partial charge in [-0.3, -0.25) is 9.59 Å². The summed E-state index contributed by atoms with van der Waals surface area (Å²) in [6, 6.07) is 10.9. The minimum Gasteiger partial charge on any atom is -0.463 e. The van der Waals surface area contributed by atoms with Crippen molar-refractivity contribution in [1.82, 2.24) is 15.5 Å². The molecule has 3 heterocycles. The number of carbonyl (C=O) groups is 1. The summed E-state index contributed by atoms with van der Waals surface area (Å²) in [6.07, 6.45) is 4.04. The molecule has 1 aliphatic heterocycles. The molecule has 134 valence electrons. The van der Waals surface area contributed by atoms with Gasteiger partial charge in [0.25, 0.3) is 11.5 Å². The molecule has 2 aromatic heterocycles. The van der Waals surface area contributed by atoms with Gasteiger partial charge >= 0.3 is 0 Å². The van der Waals surface area contributed by atoms with Crippen molar-refractivity contribution < 1.29 is 14.1 Å². The summed E-state index contributed by atoms with van der Waals surface area (Å²) >= 11 is 0. The number of hydrogen-bond acceptors (Lipinski definition) is 4. The predicted molar refractivity (Wildman–Crippen MR) is 96.1 cm³/mol. The second-order valence-corrected chi connectivity index (χ2v) is 6.59. The molecule has 7 heteroatoms. The molecule has 1 aliphatic rings. The fourth-order valence-electron chi connectivity index (χ4n) is 3.68. The van der Waals surface area contributed by atoms with E-state index >= 15 is 0 Å².